The molecule has 1 atom stereocenters. The highest BCUT2D eigenvalue weighted by Gasteiger charge is 2.19. The van der Waals surface area contributed by atoms with Crippen LogP contribution < -0.4 is 5.56 Å². The van der Waals surface area contributed by atoms with E-state index in [1.807, 2.05) is 43.5 Å². The predicted octanol–water partition coefficient (Wildman–Crippen LogP) is 4.21. The first-order valence-corrected chi connectivity index (χ1v) is 9.80. The summed E-state index contributed by atoms with van der Waals surface area (Å²) in [5.41, 5.74) is 2.02. The van der Waals surface area contributed by atoms with Crippen molar-refractivity contribution in [3.63, 3.8) is 0 Å². The van der Waals surface area contributed by atoms with Crippen molar-refractivity contribution in [2.75, 3.05) is 0 Å². The van der Waals surface area contributed by atoms with Crippen LogP contribution in [0.5, 0.6) is 0 Å². The van der Waals surface area contributed by atoms with Gasteiger partial charge in [-0.15, -0.1) is 21.5 Å². The van der Waals surface area contributed by atoms with Gasteiger partial charge in [0, 0.05) is 12.6 Å². The van der Waals surface area contributed by atoms with Gasteiger partial charge in [0.1, 0.15) is 4.83 Å². The summed E-state index contributed by atoms with van der Waals surface area (Å²) in [7, 11) is 1.73. The average Bonchev–Trinajstić information content (AvgIpc) is 3.29. The molecule has 6 nitrogen and oxygen atoms in total. The highest BCUT2D eigenvalue weighted by molar-refractivity contribution is 7.99. The topological polar surface area (TPSA) is 73.8 Å². The molecule has 8 heteroatoms. The number of nitrogens with zero attached hydrogens (tertiary/aromatic N) is 4. The number of hydrogen-bond donors (Lipinski definition) is 0. The van der Waals surface area contributed by atoms with Crippen molar-refractivity contribution in [2.24, 2.45) is 7.05 Å². The lowest BCUT2D eigenvalue weighted by atomic mass is 10.1. The van der Waals surface area contributed by atoms with Crippen LogP contribution in [0.2, 0.25) is 0 Å². The van der Waals surface area contributed by atoms with Crippen LogP contribution in [-0.2, 0) is 7.05 Å². The Balaban J connectivity index is 1.61. The molecular formula is C18H16N4O2S2. The molecule has 0 fully saturated rings. The standard InChI is InChI=1S/C18H16N4O2S2/c1-10-4-6-12(7-5-10)15-21-20-14(24-15)11(2)26-18-19-16-13(8-9-25-16)17(23)22(18)3/h4-9,11H,1-3H3. The summed E-state index contributed by atoms with van der Waals surface area (Å²) in [5.74, 6) is 0.995. The summed E-state index contributed by atoms with van der Waals surface area (Å²) in [6.07, 6.45) is 0. The summed E-state index contributed by atoms with van der Waals surface area (Å²) in [6, 6.07) is 9.74. The molecule has 0 aliphatic rings. The average molecular weight is 384 g/mol. The second kappa shape index (κ2) is 6.69. The fourth-order valence-electron chi connectivity index (χ4n) is 2.51. The number of fused-ring (bicyclic) bond motifs is 1. The molecule has 26 heavy (non-hydrogen) atoms. The third-order valence-electron chi connectivity index (χ3n) is 4.03. The normalized spacial score (nSPS) is 12.6. The monoisotopic (exact) mass is 384 g/mol. The van der Waals surface area contributed by atoms with Gasteiger partial charge in [-0.3, -0.25) is 9.36 Å². The van der Waals surface area contributed by atoms with Crippen molar-refractivity contribution in [3.8, 4) is 11.5 Å². The molecule has 0 bridgehead atoms. The number of rotatable bonds is 4. The maximum absolute atomic E-state index is 12.4. The molecule has 4 aromatic rings. The molecule has 0 spiro atoms. The van der Waals surface area contributed by atoms with Crippen LogP contribution in [0.1, 0.15) is 23.6 Å². The molecule has 132 valence electrons. The van der Waals surface area contributed by atoms with Gasteiger partial charge >= 0.3 is 0 Å². The minimum Gasteiger partial charge on any atom is -0.419 e. The minimum absolute atomic E-state index is 0.0446. The lowest BCUT2D eigenvalue weighted by Gasteiger charge is -2.09. The third-order valence-corrected chi connectivity index (χ3v) is 5.97. The number of aromatic nitrogens is 4. The number of thioether (sulfide) groups is 1. The van der Waals surface area contributed by atoms with Gasteiger partial charge in [-0.25, -0.2) is 4.98 Å². The van der Waals surface area contributed by atoms with Crippen molar-refractivity contribution >= 4 is 33.3 Å². The fraction of sp³-hybridized carbons (Fsp3) is 0.222. The van der Waals surface area contributed by atoms with Crippen LogP contribution in [0.25, 0.3) is 21.7 Å². The van der Waals surface area contributed by atoms with Crippen LogP contribution in [0, 0.1) is 6.92 Å². The second-order valence-electron chi connectivity index (χ2n) is 5.97. The van der Waals surface area contributed by atoms with Gasteiger partial charge in [-0.2, -0.15) is 0 Å². The van der Waals surface area contributed by atoms with Crippen molar-refractivity contribution < 1.29 is 4.42 Å². The Morgan fingerprint density at radius 2 is 1.96 bits per heavy atom. The van der Waals surface area contributed by atoms with Crippen LogP contribution in [0.15, 0.2) is 50.1 Å². The Morgan fingerprint density at radius 1 is 1.19 bits per heavy atom. The quantitative estimate of drug-likeness (QED) is 0.388. The number of benzene rings is 1. The van der Waals surface area contributed by atoms with E-state index in [9.17, 15) is 4.79 Å². The van der Waals surface area contributed by atoms with E-state index in [2.05, 4.69) is 15.2 Å². The van der Waals surface area contributed by atoms with E-state index in [4.69, 9.17) is 4.42 Å². The largest absolute Gasteiger partial charge is 0.419 e. The second-order valence-corrected chi connectivity index (χ2v) is 8.17. The van der Waals surface area contributed by atoms with E-state index in [0.29, 0.717) is 22.3 Å². The molecule has 0 amide bonds. The highest BCUT2D eigenvalue weighted by Crippen LogP contribution is 2.34. The van der Waals surface area contributed by atoms with Crippen LogP contribution in [0.4, 0.5) is 0 Å². The Hall–Kier alpha value is -2.45. The predicted molar refractivity (Wildman–Crippen MR) is 104 cm³/mol. The van der Waals surface area contributed by atoms with Crippen LogP contribution >= 0.6 is 23.1 Å². The van der Waals surface area contributed by atoms with Gasteiger partial charge in [0.15, 0.2) is 5.16 Å². The van der Waals surface area contributed by atoms with Gasteiger partial charge in [0.05, 0.1) is 10.6 Å². The molecule has 1 aromatic carbocycles. The minimum atomic E-state index is -0.128. The first-order valence-electron chi connectivity index (χ1n) is 8.04. The van der Waals surface area contributed by atoms with E-state index in [0.717, 1.165) is 10.4 Å². The molecule has 1 unspecified atom stereocenters. The van der Waals surface area contributed by atoms with Crippen LogP contribution in [-0.4, -0.2) is 19.7 Å². The number of aryl methyl sites for hydroxylation is 1. The Morgan fingerprint density at radius 3 is 2.73 bits per heavy atom. The molecule has 3 aromatic heterocycles. The summed E-state index contributed by atoms with van der Waals surface area (Å²) >= 11 is 2.89. The Kier molecular flexibility index (Phi) is 4.37. The molecule has 0 aliphatic carbocycles. The molecular weight excluding hydrogens is 368 g/mol. The molecule has 3 heterocycles. The maximum atomic E-state index is 12.4. The highest BCUT2D eigenvalue weighted by atomic mass is 32.2. The lowest BCUT2D eigenvalue weighted by Crippen LogP contribution is -2.19. The van der Waals surface area contributed by atoms with E-state index in [-0.39, 0.29) is 10.8 Å². The first-order chi connectivity index (χ1) is 12.5. The van der Waals surface area contributed by atoms with Gasteiger partial charge < -0.3 is 4.42 Å². The summed E-state index contributed by atoms with van der Waals surface area (Å²) < 4.78 is 7.39. The molecule has 0 N–H and O–H groups in total. The number of hydrogen-bond acceptors (Lipinski definition) is 7. The molecule has 0 saturated heterocycles. The van der Waals surface area contributed by atoms with Crippen molar-refractivity contribution in [1.29, 1.82) is 0 Å². The summed E-state index contributed by atoms with van der Waals surface area (Å²) in [6.45, 7) is 3.99. The van der Waals surface area contributed by atoms with Gasteiger partial charge in [0.2, 0.25) is 11.8 Å². The summed E-state index contributed by atoms with van der Waals surface area (Å²) in [4.78, 5) is 17.7. The third kappa shape index (κ3) is 3.06. The molecule has 0 aliphatic heterocycles. The Bertz CT molecular complexity index is 1130. The lowest BCUT2D eigenvalue weighted by molar-refractivity contribution is 0.508. The molecule has 0 radical (unpaired) electrons. The molecule has 0 saturated carbocycles. The zero-order valence-corrected chi connectivity index (χ0v) is 16.1. The zero-order valence-electron chi connectivity index (χ0n) is 14.5. The van der Waals surface area contributed by atoms with E-state index in [1.165, 1.54) is 28.7 Å². The Labute approximate surface area is 157 Å². The van der Waals surface area contributed by atoms with Crippen molar-refractivity contribution in [2.45, 2.75) is 24.3 Å². The van der Waals surface area contributed by atoms with E-state index in [1.54, 1.807) is 17.7 Å². The van der Waals surface area contributed by atoms with Gasteiger partial charge in [0.25, 0.3) is 5.56 Å². The summed E-state index contributed by atoms with van der Waals surface area (Å²) in [5, 5.41) is 11.3. The van der Waals surface area contributed by atoms with E-state index < -0.39 is 0 Å². The van der Waals surface area contributed by atoms with E-state index >= 15 is 0 Å². The SMILES string of the molecule is Cc1ccc(-c2nnc(C(C)Sc3nc4sccc4c(=O)n3C)o2)cc1. The van der Waals surface area contributed by atoms with Crippen LogP contribution in [0.3, 0.4) is 0 Å². The first kappa shape index (κ1) is 17.0. The van der Waals surface area contributed by atoms with Gasteiger partial charge in [-0.05, 0) is 37.4 Å². The maximum Gasteiger partial charge on any atom is 0.262 e. The molecule has 4 rings (SSSR count). The fourth-order valence-corrected chi connectivity index (χ4v) is 4.22. The zero-order chi connectivity index (χ0) is 18.3. The smallest absolute Gasteiger partial charge is 0.262 e. The number of thiophene rings is 1. The van der Waals surface area contributed by atoms with Gasteiger partial charge in [-0.1, -0.05) is 29.5 Å². The van der Waals surface area contributed by atoms with Crippen molar-refractivity contribution in [1.82, 2.24) is 19.7 Å². The van der Waals surface area contributed by atoms with Crippen molar-refractivity contribution in [3.05, 3.63) is 57.5 Å².